The predicted octanol–water partition coefficient (Wildman–Crippen LogP) is 2.79. The van der Waals surface area contributed by atoms with Crippen molar-refractivity contribution in [3.8, 4) is 0 Å². The Hall–Kier alpha value is -0.450. The van der Waals surface area contributed by atoms with Gasteiger partial charge in [0.15, 0.2) is 0 Å². The average molecular weight is 286 g/mol. The maximum absolute atomic E-state index is 6.36. The molecular formula is C13H20ClN3S. The molecule has 0 spiro atoms. The summed E-state index contributed by atoms with van der Waals surface area (Å²) in [5.74, 6) is 3.35. The fourth-order valence-electron chi connectivity index (χ4n) is 2.03. The fourth-order valence-corrected chi connectivity index (χ4v) is 3.22. The maximum Gasteiger partial charge on any atom is 0.147 e. The number of anilines is 1. The van der Waals surface area contributed by atoms with E-state index >= 15 is 0 Å². The average Bonchev–Trinajstić information content (AvgIpc) is 2.65. The first kappa shape index (κ1) is 14.0. The lowest BCUT2D eigenvalue weighted by molar-refractivity contribution is 0.723. The van der Waals surface area contributed by atoms with Crippen LogP contribution in [0.5, 0.6) is 0 Å². The van der Waals surface area contributed by atoms with E-state index in [1.807, 2.05) is 24.0 Å². The molecule has 1 N–H and O–H groups in total. The van der Waals surface area contributed by atoms with Gasteiger partial charge in [0.2, 0.25) is 0 Å². The van der Waals surface area contributed by atoms with E-state index in [4.69, 9.17) is 11.6 Å². The molecule has 0 unspecified atom stereocenters. The first-order valence-electron chi connectivity index (χ1n) is 6.49. The molecule has 18 heavy (non-hydrogen) atoms. The first-order chi connectivity index (χ1) is 8.81. The van der Waals surface area contributed by atoms with E-state index < -0.39 is 0 Å². The molecule has 1 saturated heterocycles. The number of hydrogen-bond acceptors (Lipinski definition) is 4. The largest absolute Gasteiger partial charge is 0.355 e. The molecule has 0 radical (unpaired) electrons. The van der Waals surface area contributed by atoms with Crippen LogP contribution in [0.3, 0.4) is 0 Å². The Morgan fingerprint density at radius 2 is 2.33 bits per heavy atom. The molecule has 0 saturated carbocycles. The van der Waals surface area contributed by atoms with Gasteiger partial charge in [-0.3, -0.25) is 0 Å². The summed E-state index contributed by atoms with van der Waals surface area (Å²) in [6, 6.07) is 2.03. The summed E-state index contributed by atoms with van der Waals surface area (Å²) in [6.07, 6.45) is 3.14. The van der Waals surface area contributed by atoms with Crippen LogP contribution in [0.25, 0.3) is 0 Å². The third-order valence-corrected chi connectivity index (χ3v) is 4.31. The Morgan fingerprint density at radius 3 is 3.11 bits per heavy atom. The summed E-state index contributed by atoms with van der Waals surface area (Å²) in [5.41, 5.74) is 1.15. The second kappa shape index (κ2) is 7.22. The summed E-state index contributed by atoms with van der Waals surface area (Å²) in [4.78, 5) is 6.85. The molecular weight excluding hydrogens is 266 g/mol. The number of nitrogens with one attached hydrogen (secondary N) is 1. The van der Waals surface area contributed by atoms with Crippen molar-refractivity contribution < 1.29 is 0 Å². The lowest BCUT2D eigenvalue weighted by Crippen LogP contribution is -2.26. The second-order valence-corrected chi connectivity index (χ2v) is 6.01. The molecule has 0 bridgehead atoms. The van der Waals surface area contributed by atoms with Gasteiger partial charge in [-0.25, -0.2) is 4.98 Å². The van der Waals surface area contributed by atoms with E-state index in [0.717, 1.165) is 48.3 Å². The van der Waals surface area contributed by atoms with Crippen molar-refractivity contribution in [2.45, 2.75) is 19.9 Å². The van der Waals surface area contributed by atoms with Crippen LogP contribution < -0.4 is 10.2 Å². The zero-order valence-corrected chi connectivity index (χ0v) is 12.4. The van der Waals surface area contributed by atoms with Gasteiger partial charge in [-0.2, -0.15) is 11.8 Å². The molecule has 3 nitrogen and oxygen atoms in total. The van der Waals surface area contributed by atoms with Crippen LogP contribution in [0.15, 0.2) is 12.3 Å². The molecule has 0 amide bonds. The smallest absolute Gasteiger partial charge is 0.147 e. The minimum absolute atomic E-state index is 0.775. The van der Waals surface area contributed by atoms with Crippen molar-refractivity contribution in [2.24, 2.45) is 0 Å². The molecule has 0 aromatic carbocycles. The molecule has 100 valence electrons. The molecule has 1 aromatic heterocycles. The Labute approximate surface area is 118 Å². The van der Waals surface area contributed by atoms with Gasteiger partial charge in [-0.1, -0.05) is 18.5 Å². The molecule has 1 aliphatic heterocycles. The van der Waals surface area contributed by atoms with Gasteiger partial charge in [0.05, 0.1) is 5.02 Å². The summed E-state index contributed by atoms with van der Waals surface area (Å²) in [6.45, 7) is 6.00. The Morgan fingerprint density at radius 1 is 1.44 bits per heavy atom. The minimum atomic E-state index is 0.775. The standard InChI is InChI=1S/C13H20ClN3S/c1-2-15-9-11-8-12(14)13(16-10-11)17-4-3-6-18-7-5-17/h8,10,15H,2-7,9H2,1H3. The Bertz CT molecular complexity index is 378. The minimum Gasteiger partial charge on any atom is -0.355 e. The monoisotopic (exact) mass is 285 g/mol. The van der Waals surface area contributed by atoms with Crippen molar-refractivity contribution in [1.82, 2.24) is 10.3 Å². The number of hydrogen-bond donors (Lipinski definition) is 1. The highest BCUT2D eigenvalue weighted by Crippen LogP contribution is 2.26. The number of nitrogens with zero attached hydrogens (tertiary/aromatic N) is 2. The normalized spacial score (nSPS) is 16.7. The summed E-state index contributed by atoms with van der Waals surface area (Å²) in [5, 5.41) is 4.06. The van der Waals surface area contributed by atoms with E-state index in [9.17, 15) is 0 Å². The SMILES string of the molecule is CCNCc1cnc(N2CCCSCC2)c(Cl)c1. The molecule has 1 aromatic rings. The Balaban J connectivity index is 2.08. The lowest BCUT2D eigenvalue weighted by atomic mass is 10.2. The van der Waals surface area contributed by atoms with Crippen molar-refractivity contribution in [1.29, 1.82) is 0 Å². The van der Waals surface area contributed by atoms with E-state index in [1.165, 1.54) is 12.2 Å². The summed E-state index contributed by atoms with van der Waals surface area (Å²) in [7, 11) is 0. The van der Waals surface area contributed by atoms with Crippen LogP contribution >= 0.6 is 23.4 Å². The quantitative estimate of drug-likeness (QED) is 0.921. The van der Waals surface area contributed by atoms with Crippen molar-refractivity contribution >= 4 is 29.2 Å². The number of rotatable bonds is 4. The summed E-state index contributed by atoms with van der Waals surface area (Å²) >= 11 is 8.37. The van der Waals surface area contributed by atoms with Gasteiger partial charge in [0.25, 0.3) is 0 Å². The molecule has 0 aliphatic carbocycles. The first-order valence-corrected chi connectivity index (χ1v) is 8.02. The van der Waals surface area contributed by atoms with E-state index in [1.54, 1.807) is 0 Å². The van der Waals surface area contributed by atoms with Crippen LogP contribution in [0, 0.1) is 0 Å². The van der Waals surface area contributed by atoms with Crippen molar-refractivity contribution in [2.75, 3.05) is 36.0 Å². The van der Waals surface area contributed by atoms with Crippen molar-refractivity contribution in [3.05, 3.63) is 22.8 Å². The topological polar surface area (TPSA) is 28.2 Å². The summed E-state index contributed by atoms with van der Waals surface area (Å²) < 4.78 is 0. The van der Waals surface area contributed by atoms with Crippen LogP contribution in [-0.4, -0.2) is 36.1 Å². The molecule has 2 heterocycles. The molecule has 2 rings (SSSR count). The molecule has 1 fully saturated rings. The van der Waals surface area contributed by atoms with Crippen LogP contribution in [-0.2, 0) is 6.54 Å². The van der Waals surface area contributed by atoms with Gasteiger partial charge in [-0.05, 0) is 30.3 Å². The molecule has 1 aliphatic rings. The van der Waals surface area contributed by atoms with Gasteiger partial charge < -0.3 is 10.2 Å². The number of pyridine rings is 1. The van der Waals surface area contributed by atoms with Crippen LogP contribution in [0.1, 0.15) is 18.9 Å². The van der Waals surface area contributed by atoms with Gasteiger partial charge >= 0.3 is 0 Å². The highest BCUT2D eigenvalue weighted by Gasteiger charge is 2.14. The molecule has 5 heteroatoms. The van der Waals surface area contributed by atoms with Gasteiger partial charge in [0, 0.05) is 31.6 Å². The number of aromatic nitrogens is 1. The van der Waals surface area contributed by atoms with Gasteiger partial charge in [-0.15, -0.1) is 0 Å². The Kier molecular flexibility index (Phi) is 5.60. The highest BCUT2D eigenvalue weighted by atomic mass is 35.5. The maximum atomic E-state index is 6.36. The fraction of sp³-hybridized carbons (Fsp3) is 0.615. The lowest BCUT2D eigenvalue weighted by Gasteiger charge is -2.22. The zero-order chi connectivity index (χ0) is 12.8. The van der Waals surface area contributed by atoms with Crippen LogP contribution in [0.4, 0.5) is 5.82 Å². The third kappa shape index (κ3) is 3.77. The third-order valence-electron chi connectivity index (χ3n) is 2.98. The van der Waals surface area contributed by atoms with E-state index in [0.29, 0.717) is 0 Å². The molecule has 0 atom stereocenters. The van der Waals surface area contributed by atoms with Crippen molar-refractivity contribution in [3.63, 3.8) is 0 Å². The second-order valence-electron chi connectivity index (χ2n) is 4.38. The van der Waals surface area contributed by atoms with Gasteiger partial charge in [0.1, 0.15) is 5.82 Å². The van der Waals surface area contributed by atoms with Crippen LogP contribution in [0.2, 0.25) is 5.02 Å². The predicted molar refractivity (Wildman–Crippen MR) is 80.8 cm³/mol. The van der Waals surface area contributed by atoms with E-state index in [2.05, 4.69) is 22.1 Å². The highest BCUT2D eigenvalue weighted by molar-refractivity contribution is 7.99. The number of thioether (sulfide) groups is 1. The van der Waals surface area contributed by atoms with E-state index in [-0.39, 0.29) is 0 Å². The number of halogens is 1. The zero-order valence-electron chi connectivity index (χ0n) is 10.8.